The van der Waals surface area contributed by atoms with Crippen molar-refractivity contribution in [1.29, 1.82) is 0 Å². The molecule has 0 atom stereocenters. The monoisotopic (exact) mass is 320 g/mol. The molecule has 0 aliphatic rings. The number of benzene rings is 1. The summed E-state index contributed by atoms with van der Waals surface area (Å²) < 4.78 is 2.58. The molecule has 4 nitrogen and oxygen atoms in total. The van der Waals surface area contributed by atoms with E-state index < -0.39 is 0 Å². The number of hydrogen-bond acceptors (Lipinski definition) is 2. The van der Waals surface area contributed by atoms with Crippen LogP contribution in [0.25, 0.3) is 0 Å². The van der Waals surface area contributed by atoms with E-state index in [0.717, 1.165) is 4.47 Å². The van der Waals surface area contributed by atoms with E-state index in [0.29, 0.717) is 16.9 Å². The molecule has 0 radical (unpaired) electrons. The van der Waals surface area contributed by atoms with Crippen molar-refractivity contribution < 1.29 is 9.59 Å². The maximum atomic E-state index is 12.1. The Hall–Kier alpha value is -1.88. The molecular weight excluding hydrogens is 308 g/mol. The van der Waals surface area contributed by atoms with Crippen molar-refractivity contribution in [2.24, 2.45) is 7.05 Å². The normalized spacial score (nSPS) is 10.3. The van der Waals surface area contributed by atoms with E-state index in [4.69, 9.17) is 0 Å². The first-order valence-electron chi connectivity index (χ1n) is 5.71. The lowest BCUT2D eigenvalue weighted by molar-refractivity contribution is 0.100. The van der Waals surface area contributed by atoms with Gasteiger partial charge in [-0.1, -0.05) is 12.1 Å². The Bertz CT molecular complexity index is 647. The van der Waals surface area contributed by atoms with Crippen LogP contribution in [-0.4, -0.2) is 16.3 Å². The number of amides is 1. The van der Waals surface area contributed by atoms with Crippen molar-refractivity contribution in [3.05, 3.63) is 52.3 Å². The highest BCUT2D eigenvalue weighted by atomic mass is 79.9. The number of ketones is 1. The van der Waals surface area contributed by atoms with Gasteiger partial charge < -0.3 is 9.88 Å². The van der Waals surface area contributed by atoms with Gasteiger partial charge in [-0.15, -0.1) is 0 Å². The first-order valence-corrected chi connectivity index (χ1v) is 6.51. The molecule has 0 bridgehead atoms. The number of Topliss-reactive ketones (excluding diaryl/α,β-unsaturated/α-hetero) is 1. The lowest BCUT2D eigenvalue weighted by Gasteiger charge is -2.07. The molecule has 0 saturated carbocycles. The van der Waals surface area contributed by atoms with E-state index in [2.05, 4.69) is 21.2 Å². The summed E-state index contributed by atoms with van der Waals surface area (Å²) in [6, 6.07) is 8.62. The van der Waals surface area contributed by atoms with Gasteiger partial charge in [0.1, 0.15) is 5.69 Å². The Morgan fingerprint density at radius 1 is 1.26 bits per heavy atom. The van der Waals surface area contributed by atoms with Crippen LogP contribution in [0.3, 0.4) is 0 Å². The van der Waals surface area contributed by atoms with Crippen LogP contribution in [0, 0.1) is 0 Å². The number of anilines is 1. The van der Waals surface area contributed by atoms with E-state index >= 15 is 0 Å². The van der Waals surface area contributed by atoms with Gasteiger partial charge in [-0.2, -0.15) is 0 Å². The molecule has 1 amide bonds. The molecule has 0 saturated heterocycles. The quantitative estimate of drug-likeness (QED) is 0.883. The molecule has 19 heavy (non-hydrogen) atoms. The van der Waals surface area contributed by atoms with Gasteiger partial charge in [-0.3, -0.25) is 9.59 Å². The lowest BCUT2D eigenvalue weighted by atomic mass is 10.1. The molecule has 0 fully saturated rings. The van der Waals surface area contributed by atoms with Crippen LogP contribution in [0.1, 0.15) is 27.8 Å². The average molecular weight is 321 g/mol. The third-order valence-electron chi connectivity index (χ3n) is 2.73. The van der Waals surface area contributed by atoms with Crippen LogP contribution in [0.4, 0.5) is 5.69 Å². The number of aryl methyl sites for hydroxylation is 1. The molecule has 1 heterocycles. The van der Waals surface area contributed by atoms with Gasteiger partial charge in [0.2, 0.25) is 0 Å². The number of hydrogen-bond donors (Lipinski definition) is 1. The Morgan fingerprint density at radius 2 is 2.00 bits per heavy atom. The van der Waals surface area contributed by atoms with Crippen LogP contribution >= 0.6 is 15.9 Å². The largest absolute Gasteiger partial charge is 0.345 e. The summed E-state index contributed by atoms with van der Waals surface area (Å²) >= 11 is 3.32. The molecule has 0 aliphatic carbocycles. The molecule has 0 aliphatic heterocycles. The van der Waals surface area contributed by atoms with Crippen molar-refractivity contribution in [3.8, 4) is 0 Å². The van der Waals surface area contributed by atoms with E-state index in [1.807, 2.05) is 0 Å². The number of aromatic nitrogens is 1. The van der Waals surface area contributed by atoms with Crippen LogP contribution < -0.4 is 5.32 Å². The first kappa shape index (κ1) is 13.5. The van der Waals surface area contributed by atoms with Crippen LogP contribution in [0.2, 0.25) is 0 Å². The van der Waals surface area contributed by atoms with Gasteiger partial charge in [-0.05, 0) is 41.1 Å². The van der Waals surface area contributed by atoms with Gasteiger partial charge >= 0.3 is 0 Å². The van der Waals surface area contributed by atoms with E-state index in [9.17, 15) is 9.59 Å². The summed E-state index contributed by atoms with van der Waals surface area (Å²) in [6.07, 6.45) is 1.81. The van der Waals surface area contributed by atoms with Gasteiger partial charge in [0.15, 0.2) is 5.78 Å². The van der Waals surface area contributed by atoms with Crippen LogP contribution in [0.15, 0.2) is 41.0 Å². The molecule has 1 aromatic heterocycles. The van der Waals surface area contributed by atoms with Gasteiger partial charge in [0.25, 0.3) is 5.91 Å². The van der Waals surface area contributed by atoms with Gasteiger partial charge in [0.05, 0.1) is 0 Å². The number of rotatable bonds is 3. The minimum absolute atomic E-state index is 0.0299. The predicted octanol–water partition coefficient (Wildman–Crippen LogP) is 3.24. The Labute approximate surface area is 119 Å². The maximum absolute atomic E-state index is 12.1. The van der Waals surface area contributed by atoms with Crippen molar-refractivity contribution in [1.82, 2.24) is 4.57 Å². The van der Waals surface area contributed by atoms with Crippen LogP contribution in [-0.2, 0) is 7.05 Å². The smallest absolute Gasteiger partial charge is 0.272 e. The third-order valence-corrected chi connectivity index (χ3v) is 3.16. The van der Waals surface area contributed by atoms with Crippen molar-refractivity contribution in [2.45, 2.75) is 6.92 Å². The topological polar surface area (TPSA) is 51.1 Å². The summed E-state index contributed by atoms with van der Waals surface area (Å²) in [5.41, 5.74) is 1.72. The molecule has 0 unspecified atom stereocenters. The number of nitrogens with zero attached hydrogens (tertiary/aromatic N) is 1. The standard InChI is InChI=1S/C14H13BrN2O2/c1-9(18)10-4-3-5-12(6-10)16-14(19)13-7-11(15)8-17(13)2/h3-8H,1-2H3,(H,16,19). The van der Waals surface area contributed by atoms with Gasteiger partial charge in [0, 0.05) is 29.0 Å². The summed E-state index contributed by atoms with van der Waals surface area (Å²) in [7, 11) is 1.80. The Morgan fingerprint density at radius 3 is 2.58 bits per heavy atom. The third kappa shape index (κ3) is 3.12. The fraction of sp³-hybridized carbons (Fsp3) is 0.143. The molecule has 2 aromatic rings. The Balaban J connectivity index is 2.21. The number of carbonyl (C=O) groups excluding carboxylic acids is 2. The SMILES string of the molecule is CC(=O)c1cccc(NC(=O)c2cc(Br)cn2C)c1. The average Bonchev–Trinajstić information content (AvgIpc) is 2.69. The molecule has 1 aromatic carbocycles. The predicted molar refractivity (Wildman–Crippen MR) is 77.5 cm³/mol. The maximum Gasteiger partial charge on any atom is 0.272 e. The van der Waals surface area contributed by atoms with Crippen molar-refractivity contribution >= 4 is 33.3 Å². The molecule has 5 heteroatoms. The summed E-state index contributed by atoms with van der Waals surface area (Å²) in [4.78, 5) is 23.4. The fourth-order valence-electron chi connectivity index (χ4n) is 1.76. The second kappa shape index (κ2) is 5.40. The second-order valence-corrected chi connectivity index (χ2v) is 5.16. The zero-order valence-corrected chi connectivity index (χ0v) is 12.2. The first-order chi connectivity index (χ1) is 8.97. The van der Waals surface area contributed by atoms with Crippen LogP contribution in [0.5, 0.6) is 0 Å². The fourth-order valence-corrected chi connectivity index (χ4v) is 2.28. The lowest BCUT2D eigenvalue weighted by Crippen LogP contribution is -2.15. The molecule has 1 N–H and O–H groups in total. The highest BCUT2D eigenvalue weighted by Gasteiger charge is 2.11. The number of carbonyl (C=O) groups is 2. The second-order valence-electron chi connectivity index (χ2n) is 4.25. The highest BCUT2D eigenvalue weighted by molar-refractivity contribution is 9.10. The minimum Gasteiger partial charge on any atom is -0.345 e. The van der Waals surface area contributed by atoms with E-state index in [-0.39, 0.29) is 11.7 Å². The zero-order chi connectivity index (χ0) is 14.0. The number of halogens is 1. The van der Waals surface area contributed by atoms with E-state index in [1.54, 1.807) is 48.1 Å². The van der Waals surface area contributed by atoms with Gasteiger partial charge in [-0.25, -0.2) is 0 Å². The van der Waals surface area contributed by atoms with E-state index in [1.165, 1.54) is 6.92 Å². The van der Waals surface area contributed by atoms with Crippen molar-refractivity contribution in [2.75, 3.05) is 5.32 Å². The molecule has 2 rings (SSSR count). The summed E-state index contributed by atoms with van der Waals surface area (Å²) in [6.45, 7) is 1.50. The summed E-state index contributed by atoms with van der Waals surface area (Å²) in [5.74, 6) is -0.244. The zero-order valence-electron chi connectivity index (χ0n) is 10.6. The summed E-state index contributed by atoms with van der Waals surface area (Å²) in [5, 5.41) is 2.77. The Kier molecular flexibility index (Phi) is 3.85. The number of nitrogens with one attached hydrogen (secondary N) is 1. The van der Waals surface area contributed by atoms with Crippen molar-refractivity contribution in [3.63, 3.8) is 0 Å². The minimum atomic E-state index is -0.214. The molecule has 0 spiro atoms. The molecule has 98 valence electrons. The highest BCUT2D eigenvalue weighted by Crippen LogP contribution is 2.16. The molecular formula is C14H13BrN2O2.